The van der Waals surface area contributed by atoms with Crippen LogP contribution in [0.1, 0.15) is 5.56 Å². The molecule has 0 radical (unpaired) electrons. The number of carbonyl (C=O) groups is 1. The van der Waals surface area contributed by atoms with Gasteiger partial charge in [0.25, 0.3) is 0 Å². The molecule has 37 heavy (non-hydrogen) atoms. The predicted octanol–water partition coefficient (Wildman–Crippen LogP) is 7.06. The lowest BCUT2D eigenvalue weighted by molar-refractivity contribution is -0.141. The lowest BCUT2D eigenvalue weighted by Crippen LogP contribution is -2.23. The summed E-state index contributed by atoms with van der Waals surface area (Å²) < 4.78 is 10.6. The lowest BCUT2D eigenvalue weighted by atomic mass is 9.87. The zero-order valence-electron chi connectivity index (χ0n) is 20.3. The molecule has 4 nitrogen and oxygen atoms in total. The Bertz CT molecular complexity index is 1820. The second kappa shape index (κ2) is 9.66. The molecule has 0 aliphatic carbocycles. The summed E-state index contributed by atoms with van der Waals surface area (Å²) in [5, 5.41) is 22.4. The van der Waals surface area contributed by atoms with Crippen molar-refractivity contribution in [1.82, 2.24) is 0 Å². The zero-order chi connectivity index (χ0) is 25.4. The van der Waals surface area contributed by atoms with Gasteiger partial charge in [0.1, 0.15) is 12.7 Å². The number of rotatable bonds is 7. The molecule has 6 aromatic rings. The fourth-order valence-electron chi connectivity index (χ4n) is 5.36. The maximum Gasteiger partial charge on any atom is 0.330 e. The zero-order valence-corrected chi connectivity index (χ0v) is 20.3. The topological polar surface area (TPSA) is 55.8 Å². The van der Waals surface area contributed by atoms with Crippen LogP contribution >= 0.6 is 0 Å². The Morgan fingerprint density at radius 3 is 1.73 bits per heavy atom. The molecule has 1 atom stereocenters. The standard InChI is InChI=1S/C33H26O4/c1-2-31(35)37-20-22(34)19-36-18-21-15-16-29-30(17-21)25-11-5-8-14-28(25)32-26-12-6-3-9-23(26)24-10-4-7-13-27(24)33(29)32/h2-17,22,34H,1,18-20H2. The van der Waals surface area contributed by atoms with Crippen molar-refractivity contribution in [2.75, 3.05) is 13.2 Å². The molecule has 1 unspecified atom stereocenters. The van der Waals surface area contributed by atoms with E-state index >= 15 is 0 Å². The van der Waals surface area contributed by atoms with Gasteiger partial charge in [0.05, 0.1) is 13.2 Å². The molecule has 1 N–H and O–H groups in total. The maximum atomic E-state index is 11.2. The van der Waals surface area contributed by atoms with Crippen LogP contribution in [0.3, 0.4) is 0 Å². The molecule has 0 bridgehead atoms. The van der Waals surface area contributed by atoms with Crippen molar-refractivity contribution in [2.45, 2.75) is 12.7 Å². The smallest absolute Gasteiger partial charge is 0.330 e. The molecule has 0 aliphatic heterocycles. The van der Waals surface area contributed by atoms with E-state index in [0.29, 0.717) is 6.61 Å². The number of aliphatic hydroxyl groups excluding tert-OH is 1. The van der Waals surface area contributed by atoms with Crippen LogP contribution in [0.4, 0.5) is 0 Å². The van der Waals surface area contributed by atoms with Crippen molar-refractivity contribution in [3.63, 3.8) is 0 Å². The average Bonchev–Trinajstić information content (AvgIpc) is 2.95. The fourth-order valence-corrected chi connectivity index (χ4v) is 5.36. The maximum absolute atomic E-state index is 11.2. The third-order valence-electron chi connectivity index (χ3n) is 6.94. The van der Waals surface area contributed by atoms with E-state index in [1.807, 2.05) is 0 Å². The molecule has 0 spiro atoms. The summed E-state index contributed by atoms with van der Waals surface area (Å²) in [7, 11) is 0. The van der Waals surface area contributed by atoms with E-state index in [-0.39, 0.29) is 13.2 Å². The Hall–Kier alpha value is -4.25. The summed E-state index contributed by atoms with van der Waals surface area (Å²) in [4.78, 5) is 11.2. The predicted molar refractivity (Wildman–Crippen MR) is 151 cm³/mol. The van der Waals surface area contributed by atoms with Crippen LogP contribution < -0.4 is 0 Å². The average molecular weight is 487 g/mol. The fraction of sp³-hybridized carbons (Fsp3) is 0.121. The van der Waals surface area contributed by atoms with Crippen LogP contribution in [0.2, 0.25) is 0 Å². The van der Waals surface area contributed by atoms with Crippen molar-refractivity contribution in [1.29, 1.82) is 0 Å². The third kappa shape index (κ3) is 4.10. The van der Waals surface area contributed by atoms with Gasteiger partial charge in [-0.2, -0.15) is 0 Å². The summed E-state index contributed by atoms with van der Waals surface area (Å²) >= 11 is 0. The van der Waals surface area contributed by atoms with Crippen molar-refractivity contribution >= 4 is 59.8 Å². The van der Waals surface area contributed by atoms with E-state index in [1.54, 1.807) is 0 Å². The van der Waals surface area contributed by atoms with Crippen LogP contribution in [0, 0.1) is 0 Å². The molecule has 4 heteroatoms. The van der Waals surface area contributed by atoms with Crippen LogP contribution in [0.5, 0.6) is 0 Å². The highest BCUT2D eigenvalue weighted by Gasteiger charge is 2.16. The minimum atomic E-state index is -0.895. The summed E-state index contributed by atoms with van der Waals surface area (Å²) in [6.07, 6.45) is 0.177. The van der Waals surface area contributed by atoms with Crippen LogP contribution in [-0.2, 0) is 20.9 Å². The first-order valence-corrected chi connectivity index (χ1v) is 12.4. The number of benzene rings is 6. The lowest BCUT2D eigenvalue weighted by Gasteiger charge is -2.17. The van der Waals surface area contributed by atoms with Crippen molar-refractivity contribution in [3.05, 3.63) is 109 Å². The van der Waals surface area contributed by atoms with Crippen molar-refractivity contribution in [3.8, 4) is 0 Å². The van der Waals surface area contributed by atoms with Gasteiger partial charge >= 0.3 is 5.97 Å². The van der Waals surface area contributed by atoms with E-state index < -0.39 is 12.1 Å². The van der Waals surface area contributed by atoms with Crippen LogP contribution in [-0.4, -0.2) is 30.4 Å². The Morgan fingerprint density at radius 2 is 1.19 bits per heavy atom. The molecule has 182 valence electrons. The van der Waals surface area contributed by atoms with Gasteiger partial charge in [-0.15, -0.1) is 0 Å². The summed E-state index contributed by atoms with van der Waals surface area (Å²) in [6.45, 7) is 3.63. The number of aliphatic hydroxyl groups is 1. The normalized spacial score (nSPS) is 12.5. The van der Waals surface area contributed by atoms with Gasteiger partial charge in [-0.1, -0.05) is 91.5 Å². The number of hydrogen-bond donors (Lipinski definition) is 1. The van der Waals surface area contributed by atoms with E-state index in [9.17, 15) is 9.90 Å². The Kier molecular flexibility index (Phi) is 6.05. The van der Waals surface area contributed by atoms with E-state index in [2.05, 4.69) is 97.6 Å². The SMILES string of the molecule is C=CC(=O)OCC(O)COCc1ccc2c(c1)c1ccccc1c1c3ccccc3c3ccccc3c21. The molecule has 6 rings (SSSR count). The Balaban J connectivity index is 1.48. The highest BCUT2D eigenvalue weighted by Crippen LogP contribution is 2.43. The monoisotopic (exact) mass is 486 g/mol. The third-order valence-corrected chi connectivity index (χ3v) is 6.94. The number of carbonyl (C=O) groups excluding carboxylic acids is 1. The van der Waals surface area contributed by atoms with E-state index in [0.717, 1.165) is 11.6 Å². The first-order chi connectivity index (χ1) is 18.2. The molecule has 0 amide bonds. The summed E-state index contributed by atoms with van der Waals surface area (Å²) in [5.74, 6) is -0.562. The number of esters is 1. The van der Waals surface area contributed by atoms with Gasteiger partial charge in [0.2, 0.25) is 0 Å². The van der Waals surface area contributed by atoms with Crippen LogP contribution in [0.25, 0.3) is 53.9 Å². The minimum Gasteiger partial charge on any atom is -0.460 e. The largest absolute Gasteiger partial charge is 0.460 e. The molecule has 0 fully saturated rings. The van der Waals surface area contributed by atoms with Gasteiger partial charge in [-0.3, -0.25) is 0 Å². The number of hydrogen-bond acceptors (Lipinski definition) is 4. The molecule has 0 saturated heterocycles. The molecule has 0 aromatic heterocycles. The highest BCUT2D eigenvalue weighted by atomic mass is 16.5. The Morgan fingerprint density at radius 1 is 0.703 bits per heavy atom. The minimum absolute atomic E-state index is 0.0670. The Labute approximate surface area is 214 Å². The second-order valence-corrected chi connectivity index (χ2v) is 9.27. The number of fused-ring (bicyclic) bond motifs is 11. The van der Waals surface area contributed by atoms with Crippen LogP contribution in [0.15, 0.2) is 104 Å². The van der Waals surface area contributed by atoms with E-state index in [1.165, 1.54) is 53.9 Å². The van der Waals surface area contributed by atoms with Gasteiger partial charge in [-0.25, -0.2) is 4.79 Å². The first-order valence-electron chi connectivity index (χ1n) is 12.4. The number of ether oxygens (including phenoxy) is 2. The molecule has 6 aromatic carbocycles. The van der Waals surface area contributed by atoms with Gasteiger partial charge in [-0.05, 0) is 65.5 Å². The second-order valence-electron chi connectivity index (χ2n) is 9.27. The van der Waals surface area contributed by atoms with Gasteiger partial charge in [0.15, 0.2) is 0 Å². The summed E-state index contributed by atoms with van der Waals surface area (Å²) in [6, 6.07) is 32.3. The highest BCUT2D eigenvalue weighted by molar-refractivity contribution is 6.39. The quantitative estimate of drug-likeness (QED) is 0.149. The molecular formula is C33H26O4. The van der Waals surface area contributed by atoms with Gasteiger partial charge < -0.3 is 14.6 Å². The summed E-state index contributed by atoms with van der Waals surface area (Å²) in [5.41, 5.74) is 1.01. The van der Waals surface area contributed by atoms with Crippen molar-refractivity contribution in [2.24, 2.45) is 0 Å². The van der Waals surface area contributed by atoms with E-state index in [4.69, 9.17) is 9.47 Å². The van der Waals surface area contributed by atoms with Crippen molar-refractivity contribution < 1.29 is 19.4 Å². The molecular weight excluding hydrogens is 460 g/mol. The molecule has 0 saturated carbocycles. The first kappa shape index (κ1) is 23.2. The molecule has 0 aliphatic rings. The molecule has 0 heterocycles. The van der Waals surface area contributed by atoms with Gasteiger partial charge in [0, 0.05) is 6.08 Å².